The number of aryl methyl sites for hydroxylation is 1. The molecule has 5 N–H and O–H groups in total. The molecule has 0 amide bonds. The summed E-state index contributed by atoms with van der Waals surface area (Å²) in [5, 5.41) is 12.8. The number of hydrogen-bond acceptors (Lipinski definition) is 6. The number of anilines is 2. The normalized spacial score (nSPS) is 11.4. The maximum atomic E-state index is 9.52. The summed E-state index contributed by atoms with van der Waals surface area (Å²) in [6.07, 6.45) is 3.54. The van der Waals surface area contributed by atoms with Gasteiger partial charge < -0.3 is 10.4 Å². The Bertz CT molecular complexity index is 370. The average molecular weight is 253 g/mol. The minimum absolute atomic E-state index is 0.103. The number of aliphatic hydroxyl groups excluding tert-OH is 1. The van der Waals surface area contributed by atoms with E-state index >= 15 is 0 Å². The summed E-state index contributed by atoms with van der Waals surface area (Å²) in [6, 6.07) is 0. The third-order valence-corrected chi connectivity index (χ3v) is 3.57. The molecule has 0 radical (unpaired) electrons. The van der Waals surface area contributed by atoms with Crippen LogP contribution >= 0.6 is 0 Å². The number of aromatic nitrogens is 2. The maximum absolute atomic E-state index is 9.52. The van der Waals surface area contributed by atoms with Gasteiger partial charge in [-0.15, -0.1) is 0 Å². The molecule has 0 aliphatic carbocycles. The Hall–Kier alpha value is -1.40. The van der Waals surface area contributed by atoms with Crippen LogP contribution in [0.5, 0.6) is 0 Å². The molecular formula is C12H23N5O. The van der Waals surface area contributed by atoms with Crippen molar-refractivity contribution >= 4 is 11.8 Å². The van der Waals surface area contributed by atoms with E-state index in [9.17, 15) is 5.11 Å². The highest BCUT2D eigenvalue weighted by Crippen LogP contribution is 2.26. The SMILES string of the molecule is CCC(CC)(CO)CNc1nc(NN)ncc1C. The standard InChI is InChI=1S/C12H23N5O/c1-4-12(5-2,8-18)7-15-10-9(3)6-14-11(16-10)17-13/h6,18H,4-5,7-8,13H2,1-3H3,(H2,14,15,16,17). The van der Waals surface area contributed by atoms with Gasteiger partial charge in [-0.1, -0.05) is 13.8 Å². The smallest absolute Gasteiger partial charge is 0.239 e. The van der Waals surface area contributed by atoms with Crippen LogP contribution in [0.4, 0.5) is 11.8 Å². The van der Waals surface area contributed by atoms with Crippen molar-refractivity contribution in [3.63, 3.8) is 0 Å². The minimum atomic E-state index is -0.103. The molecule has 0 saturated heterocycles. The van der Waals surface area contributed by atoms with Gasteiger partial charge in [0.05, 0.1) is 6.61 Å². The number of hydrazine groups is 1. The molecule has 0 aliphatic rings. The van der Waals surface area contributed by atoms with Crippen LogP contribution in [0.2, 0.25) is 0 Å². The Balaban J connectivity index is 2.78. The van der Waals surface area contributed by atoms with Crippen molar-refractivity contribution in [1.29, 1.82) is 0 Å². The molecule has 6 nitrogen and oxygen atoms in total. The Labute approximate surface area is 108 Å². The summed E-state index contributed by atoms with van der Waals surface area (Å²) in [5.74, 6) is 6.41. The first-order valence-electron chi connectivity index (χ1n) is 6.25. The lowest BCUT2D eigenvalue weighted by molar-refractivity contribution is 0.127. The zero-order chi connectivity index (χ0) is 13.6. The minimum Gasteiger partial charge on any atom is -0.396 e. The second-order valence-corrected chi connectivity index (χ2v) is 4.59. The summed E-state index contributed by atoms with van der Waals surface area (Å²) in [6.45, 7) is 6.95. The fourth-order valence-corrected chi connectivity index (χ4v) is 1.74. The lowest BCUT2D eigenvalue weighted by Gasteiger charge is -2.30. The van der Waals surface area contributed by atoms with E-state index in [0.29, 0.717) is 12.5 Å². The van der Waals surface area contributed by atoms with Gasteiger partial charge in [0, 0.05) is 23.7 Å². The highest BCUT2D eigenvalue weighted by atomic mass is 16.3. The third kappa shape index (κ3) is 3.30. The lowest BCUT2D eigenvalue weighted by Crippen LogP contribution is -2.32. The van der Waals surface area contributed by atoms with Crippen LogP contribution in [-0.4, -0.2) is 28.2 Å². The van der Waals surface area contributed by atoms with Crippen molar-refractivity contribution in [2.45, 2.75) is 33.6 Å². The van der Waals surface area contributed by atoms with Gasteiger partial charge in [-0.3, -0.25) is 5.43 Å². The molecule has 1 aromatic heterocycles. The van der Waals surface area contributed by atoms with Gasteiger partial charge >= 0.3 is 0 Å². The summed E-state index contributed by atoms with van der Waals surface area (Å²) >= 11 is 0. The number of nitrogens with zero attached hydrogens (tertiary/aromatic N) is 2. The van der Waals surface area contributed by atoms with Gasteiger partial charge in [0.25, 0.3) is 0 Å². The highest BCUT2D eigenvalue weighted by molar-refractivity contribution is 5.46. The Morgan fingerprint density at radius 1 is 1.39 bits per heavy atom. The highest BCUT2D eigenvalue weighted by Gasteiger charge is 2.25. The first-order chi connectivity index (χ1) is 8.60. The molecule has 0 spiro atoms. The van der Waals surface area contributed by atoms with Crippen molar-refractivity contribution < 1.29 is 5.11 Å². The molecule has 102 valence electrons. The van der Waals surface area contributed by atoms with Crippen molar-refractivity contribution in [3.8, 4) is 0 Å². The fourth-order valence-electron chi connectivity index (χ4n) is 1.74. The average Bonchev–Trinajstić information content (AvgIpc) is 2.42. The zero-order valence-corrected chi connectivity index (χ0v) is 11.3. The van der Waals surface area contributed by atoms with Crippen molar-refractivity contribution in [1.82, 2.24) is 9.97 Å². The molecule has 0 unspecified atom stereocenters. The van der Waals surface area contributed by atoms with Crippen LogP contribution < -0.4 is 16.6 Å². The van der Waals surface area contributed by atoms with Crippen molar-refractivity contribution in [2.75, 3.05) is 23.9 Å². The van der Waals surface area contributed by atoms with Gasteiger partial charge in [0.1, 0.15) is 5.82 Å². The number of nitrogen functional groups attached to an aromatic ring is 1. The van der Waals surface area contributed by atoms with Gasteiger partial charge in [0.15, 0.2) is 0 Å². The predicted molar refractivity (Wildman–Crippen MR) is 73.2 cm³/mol. The number of nitrogens with one attached hydrogen (secondary N) is 2. The number of aliphatic hydroxyl groups is 1. The quantitative estimate of drug-likeness (QED) is 0.432. The summed E-state index contributed by atoms with van der Waals surface area (Å²) in [4.78, 5) is 8.28. The van der Waals surface area contributed by atoms with Gasteiger partial charge in [-0.2, -0.15) is 4.98 Å². The molecule has 18 heavy (non-hydrogen) atoms. The molecule has 0 aromatic carbocycles. The van der Waals surface area contributed by atoms with E-state index in [0.717, 1.165) is 24.2 Å². The molecule has 1 rings (SSSR count). The topological polar surface area (TPSA) is 96.1 Å². The van der Waals surface area contributed by atoms with Gasteiger partial charge in [-0.05, 0) is 19.8 Å². The zero-order valence-electron chi connectivity index (χ0n) is 11.3. The van der Waals surface area contributed by atoms with Gasteiger partial charge in [-0.25, -0.2) is 10.8 Å². The first-order valence-corrected chi connectivity index (χ1v) is 6.25. The second kappa shape index (κ2) is 6.51. The Morgan fingerprint density at radius 2 is 2.06 bits per heavy atom. The number of rotatable bonds is 7. The summed E-state index contributed by atoms with van der Waals surface area (Å²) < 4.78 is 0. The predicted octanol–water partition coefficient (Wildman–Crippen LogP) is 1.28. The van der Waals surface area contributed by atoms with Crippen molar-refractivity contribution in [3.05, 3.63) is 11.8 Å². The molecule has 1 aromatic rings. The first kappa shape index (κ1) is 14.7. The van der Waals surface area contributed by atoms with Crippen LogP contribution in [0.25, 0.3) is 0 Å². The van der Waals surface area contributed by atoms with Crippen molar-refractivity contribution in [2.24, 2.45) is 11.3 Å². The van der Waals surface area contributed by atoms with E-state index in [-0.39, 0.29) is 12.0 Å². The number of nitrogens with two attached hydrogens (primary N) is 1. The molecule has 0 aliphatic heterocycles. The largest absolute Gasteiger partial charge is 0.396 e. The summed E-state index contributed by atoms with van der Waals surface area (Å²) in [7, 11) is 0. The van der Waals surface area contributed by atoms with Crippen LogP contribution in [0.15, 0.2) is 6.20 Å². The van der Waals surface area contributed by atoms with Crippen LogP contribution in [0.1, 0.15) is 32.3 Å². The molecule has 0 saturated carbocycles. The molecule has 0 bridgehead atoms. The maximum Gasteiger partial charge on any atom is 0.239 e. The Morgan fingerprint density at radius 3 is 2.56 bits per heavy atom. The van der Waals surface area contributed by atoms with E-state index < -0.39 is 0 Å². The molecule has 6 heteroatoms. The fraction of sp³-hybridized carbons (Fsp3) is 0.667. The van der Waals surface area contributed by atoms with E-state index in [1.165, 1.54) is 0 Å². The lowest BCUT2D eigenvalue weighted by atomic mass is 9.83. The molecular weight excluding hydrogens is 230 g/mol. The number of hydrogen-bond donors (Lipinski definition) is 4. The van der Waals surface area contributed by atoms with Crippen LogP contribution in [-0.2, 0) is 0 Å². The van der Waals surface area contributed by atoms with E-state index in [4.69, 9.17) is 5.84 Å². The molecule has 0 atom stereocenters. The third-order valence-electron chi connectivity index (χ3n) is 3.57. The van der Waals surface area contributed by atoms with Crippen LogP contribution in [0.3, 0.4) is 0 Å². The van der Waals surface area contributed by atoms with E-state index in [2.05, 4.69) is 34.6 Å². The van der Waals surface area contributed by atoms with E-state index in [1.807, 2.05) is 6.92 Å². The molecule has 1 heterocycles. The monoisotopic (exact) mass is 253 g/mol. The second-order valence-electron chi connectivity index (χ2n) is 4.59. The van der Waals surface area contributed by atoms with Crippen LogP contribution in [0, 0.1) is 12.3 Å². The Kier molecular flexibility index (Phi) is 5.30. The van der Waals surface area contributed by atoms with E-state index in [1.54, 1.807) is 6.20 Å². The van der Waals surface area contributed by atoms with Gasteiger partial charge in [0.2, 0.25) is 5.95 Å². The summed E-state index contributed by atoms with van der Waals surface area (Å²) in [5.41, 5.74) is 3.27. The molecule has 0 fully saturated rings.